The van der Waals surface area contributed by atoms with Crippen LogP contribution in [-0.4, -0.2) is 29.1 Å². The van der Waals surface area contributed by atoms with Crippen LogP contribution in [0.2, 0.25) is 0 Å². The third-order valence-corrected chi connectivity index (χ3v) is 4.53. The number of nitrogens with zero attached hydrogens (tertiary/aromatic N) is 3. The first-order valence-corrected chi connectivity index (χ1v) is 7.43. The summed E-state index contributed by atoms with van der Waals surface area (Å²) in [6.07, 6.45) is 6.84. The molecule has 1 aliphatic rings. The van der Waals surface area contributed by atoms with Crippen LogP contribution in [0.4, 0.5) is 5.82 Å². The van der Waals surface area contributed by atoms with Gasteiger partial charge in [-0.25, -0.2) is 9.97 Å². The van der Waals surface area contributed by atoms with Gasteiger partial charge in [0.05, 0.1) is 10.2 Å². The summed E-state index contributed by atoms with van der Waals surface area (Å²) in [5.41, 5.74) is 6.82. The van der Waals surface area contributed by atoms with Crippen LogP contribution < -0.4 is 10.6 Å². The van der Waals surface area contributed by atoms with Gasteiger partial charge in [-0.05, 0) is 24.3 Å². The predicted octanol–water partition coefficient (Wildman–Crippen LogP) is 2.40. The molecular weight excluding hydrogens is 244 g/mol. The average molecular weight is 262 g/mol. The highest BCUT2D eigenvalue weighted by atomic mass is 32.1. The van der Waals surface area contributed by atoms with Crippen molar-refractivity contribution in [2.45, 2.75) is 31.7 Å². The van der Waals surface area contributed by atoms with Crippen molar-refractivity contribution in [3.05, 3.63) is 17.8 Å². The molecule has 2 N–H and O–H groups in total. The Morgan fingerprint density at radius 3 is 2.94 bits per heavy atom. The summed E-state index contributed by atoms with van der Waals surface area (Å²) >= 11 is 1.72. The number of rotatable bonds is 4. The maximum absolute atomic E-state index is 5.77. The lowest BCUT2D eigenvalue weighted by molar-refractivity contribution is 0.604. The van der Waals surface area contributed by atoms with Gasteiger partial charge in [0.2, 0.25) is 0 Å². The fourth-order valence-corrected chi connectivity index (χ4v) is 3.65. The third kappa shape index (κ3) is 2.08. The molecule has 96 valence electrons. The lowest BCUT2D eigenvalue weighted by atomic mass is 10.2. The standard InChI is InChI=1S/C13H18N4S/c14-6-7-17(10-3-1-2-4-10)13-12-11(5-8-18-12)15-9-16-13/h5,8-10H,1-4,6-7,14H2. The van der Waals surface area contributed by atoms with Crippen LogP contribution >= 0.6 is 11.3 Å². The van der Waals surface area contributed by atoms with E-state index in [2.05, 4.69) is 26.3 Å². The maximum Gasteiger partial charge on any atom is 0.150 e. The fourth-order valence-electron chi connectivity index (χ4n) is 2.80. The van der Waals surface area contributed by atoms with Gasteiger partial charge in [-0.15, -0.1) is 11.3 Å². The minimum Gasteiger partial charge on any atom is -0.351 e. The molecule has 4 nitrogen and oxygen atoms in total. The van der Waals surface area contributed by atoms with Crippen molar-refractivity contribution in [3.63, 3.8) is 0 Å². The number of fused-ring (bicyclic) bond motifs is 1. The van der Waals surface area contributed by atoms with Gasteiger partial charge in [-0.1, -0.05) is 12.8 Å². The number of hydrogen-bond acceptors (Lipinski definition) is 5. The van der Waals surface area contributed by atoms with Crippen molar-refractivity contribution in [1.29, 1.82) is 0 Å². The van der Waals surface area contributed by atoms with Crippen LogP contribution in [0.15, 0.2) is 17.8 Å². The first-order valence-electron chi connectivity index (χ1n) is 6.55. The van der Waals surface area contributed by atoms with Crippen molar-refractivity contribution in [3.8, 4) is 0 Å². The lowest BCUT2D eigenvalue weighted by Crippen LogP contribution is -2.38. The summed E-state index contributed by atoms with van der Waals surface area (Å²) in [7, 11) is 0. The Morgan fingerprint density at radius 2 is 2.17 bits per heavy atom. The Morgan fingerprint density at radius 1 is 1.33 bits per heavy atom. The van der Waals surface area contributed by atoms with Crippen molar-refractivity contribution in [1.82, 2.24) is 9.97 Å². The zero-order valence-electron chi connectivity index (χ0n) is 10.4. The van der Waals surface area contributed by atoms with E-state index in [1.165, 1.54) is 30.4 Å². The molecule has 1 aliphatic carbocycles. The van der Waals surface area contributed by atoms with Gasteiger partial charge in [-0.2, -0.15) is 0 Å². The summed E-state index contributed by atoms with van der Waals surface area (Å²) in [6.45, 7) is 1.56. The number of aromatic nitrogens is 2. The molecule has 2 heterocycles. The first-order chi connectivity index (χ1) is 8.90. The summed E-state index contributed by atoms with van der Waals surface area (Å²) in [5, 5.41) is 2.08. The molecule has 1 saturated carbocycles. The van der Waals surface area contributed by atoms with Gasteiger partial charge in [0.1, 0.15) is 12.1 Å². The average Bonchev–Trinajstić information content (AvgIpc) is 3.06. The minimum absolute atomic E-state index is 0.605. The Hall–Kier alpha value is -1.20. The van der Waals surface area contributed by atoms with Gasteiger partial charge in [0.25, 0.3) is 0 Å². The van der Waals surface area contributed by atoms with Crippen molar-refractivity contribution < 1.29 is 0 Å². The SMILES string of the molecule is NCCN(c1ncnc2ccsc12)C1CCCC1. The number of thiophene rings is 1. The van der Waals surface area contributed by atoms with Crippen LogP contribution in [0, 0.1) is 0 Å². The van der Waals surface area contributed by atoms with Crippen LogP contribution in [0.1, 0.15) is 25.7 Å². The molecule has 18 heavy (non-hydrogen) atoms. The zero-order valence-corrected chi connectivity index (χ0v) is 11.2. The molecule has 0 atom stereocenters. The van der Waals surface area contributed by atoms with Gasteiger partial charge in [-0.3, -0.25) is 0 Å². The van der Waals surface area contributed by atoms with Gasteiger partial charge >= 0.3 is 0 Å². The maximum atomic E-state index is 5.77. The van der Waals surface area contributed by atoms with Crippen molar-refractivity contribution >= 4 is 27.4 Å². The minimum atomic E-state index is 0.605. The topological polar surface area (TPSA) is 55.0 Å². The molecule has 5 heteroatoms. The molecule has 2 aromatic heterocycles. The Kier molecular flexibility index (Phi) is 3.43. The molecular formula is C13H18N4S. The molecule has 0 amide bonds. The third-order valence-electron chi connectivity index (χ3n) is 3.63. The highest BCUT2D eigenvalue weighted by Crippen LogP contribution is 2.33. The predicted molar refractivity (Wildman–Crippen MR) is 76.1 cm³/mol. The number of anilines is 1. The molecule has 2 aromatic rings. The van der Waals surface area contributed by atoms with Crippen LogP contribution in [-0.2, 0) is 0 Å². The number of hydrogen-bond donors (Lipinski definition) is 1. The normalized spacial score (nSPS) is 16.5. The molecule has 0 aliphatic heterocycles. The van der Waals surface area contributed by atoms with E-state index in [1.807, 2.05) is 0 Å². The molecule has 3 rings (SSSR count). The van der Waals surface area contributed by atoms with Gasteiger partial charge in [0.15, 0.2) is 0 Å². The summed E-state index contributed by atoms with van der Waals surface area (Å²) < 4.78 is 1.19. The van der Waals surface area contributed by atoms with E-state index in [0.717, 1.165) is 17.9 Å². The van der Waals surface area contributed by atoms with Gasteiger partial charge < -0.3 is 10.6 Å². The first kappa shape index (κ1) is 11.9. The molecule has 1 fully saturated rings. The van der Waals surface area contributed by atoms with Crippen molar-refractivity contribution in [2.75, 3.05) is 18.0 Å². The molecule has 0 spiro atoms. The quantitative estimate of drug-likeness (QED) is 0.919. The molecule has 0 aromatic carbocycles. The van der Waals surface area contributed by atoms with E-state index in [0.29, 0.717) is 12.6 Å². The van der Waals surface area contributed by atoms with Crippen LogP contribution in [0.3, 0.4) is 0 Å². The van der Waals surface area contributed by atoms with Crippen molar-refractivity contribution in [2.24, 2.45) is 5.73 Å². The molecule has 0 bridgehead atoms. The van der Waals surface area contributed by atoms with Gasteiger partial charge in [0, 0.05) is 19.1 Å². The largest absolute Gasteiger partial charge is 0.351 e. The summed E-state index contributed by atoms with van der Waals surface area (Å²) in [6, 6.07) is 2.66. The van der Waals surface area contributed by atoms with Crippen LogP contribution in [0.5, 0.6) is 0 Å². The second-order valence-corrected chi connectivity index (χ2v) is 5.67. The highest BCUT2D eigenvalue weighted by Gasteiger charge is 2.24. The van der Waals surface area contributed by atoms with E-state index < -0.39 is 0 Å². The second kappa shape index (κ2) is 5.20. The molecule has 0 unspecified atom stereocenters. The highest BCUT2D eigenvalue weighted by molar-refractivity contribution is 7.17. The summed E-state index contributed by atoms with van der Waals surface area (Å²) in [5.74, 6) is 1.08. The zero-order chi connectivity index (χ0) is 12.4. The Bertz CT molecular complexity index is 518. The Labute approximate surface area is 111 Å². The summed E-state index contributed by atoms with van der Waals surface area (Å²) in [4.78, 5) is 11.2. The van der Waals surface area contributed by atoms with E-state index >= 15 is 0 Å². The Balaban J connectivity index is 2.00. The number of nitrogens with two attached hydrogens (primary N) is 1. The molecule has 0 radical (unpaired) electrons. The van der Waals surface area contributed by atoms with E-state index in [-0.39, 0.29) is 0 Å². The smallest absolute Gasteiger partial charge is 0.150 e. The van der Waals surface area contributed by atoms with E-state index in [9.17, 15) is 0 Å². The van der Waals surface area contributed by atoms with E-state index in [4.69, 9.17) is 5.73 Å². The van der Waals surface area contributed by atoms with E-state index in [1.54, 1.807) is 17.7 Å². The monoisotopic (exact) mass is 262 g/mol. The fraction of sp³-hybridized carbons (Fsp3) is 0.538. The molecule has 0 saturated heterocycles. The lowest BCUT2D eigenvalue weighted by Gasteiger charge is -2.29. The second-order valence-electron chi connectivity index (χ2n) is 4.75. The van der Waals surface area contributed by atoms with Crippen LogP contribution in [0.25, 0.3) is 10.2 Å².